The Morgan fingerprint density at radius 2 is 2.11 bits per heavy atom. The van der Waals surface area contributed by atoms with Crippen molar-refractivity contribution in [1.29, 1.82) is 0 Å². The molecule has 1 aliphatic rings. The van der Waals surface area contributed by atoms with Crippen LogP contribution in [0.2, 0.25) is 0 Å². The minimum absolute atomic E-state index is 0.250. The molecule has 6 nitrogen and oxygen atoms in total. The van der Waals surface area contributed by atoms with Gasteiger partial charge < -0.3 is 19.3 Å². The van der Waals surface area contributed by atoms with Crippen LogP contribution < -0.4 is 0 Å². The van der Waals surface area contributed by atoms with Gasteiger partial charge in [-0.05, 0) is 32.9 Å². The van der Waals surface area contributed by atoms with E-state index in [1.165, 1.54) is 23.6 Å². The average Bonchev–Trinajstić information content (AvgIpc) is 2.85. The van der Waals surface area contributed by atoms with E-state index in [-0.39, 0.29) is 12.1 Å². The predicted molar refractivity (Wildman–Crippen MR) is 67.8 cm³/mol. The van der Waals surface area contributed by atoms with Crippen LogP contribution in [0, 0.1) is 6.92 Å². The zero-order chi connectivity index (χ0) is 14.4. The second-order valence-corrected chi connectivity index (χ2v) is 5.33. The van der Waals surface area contributed by atoms with Crippen molar-refractivity contribution in [3.63, 3.8) is 0 Å². The monoisotopic (exact) mass is 266 g/mol. The van der Waals surface area contributed by atoms with Crippen LogP contribution in [-0.2, 0) is 4.79 Å². The number of nitrogens with zero attached hydrogens (tertiary/aromatic N) is 2. The number of urea groups is 1. The molecule has 1 aromatic heterocycles. The summed E-state index contributed by atoms with van der Waals surface area (Å²) in [4.78, 5) is 26.3. The highest BCUT2D eigenvalue weighted by Gasteiger charge is 2.47. The Balaban J connectivity index is 2.29. The van der Waals surface area contributed by atoms with E-state index >= 15 is 0 Å². The average molecular weight is 266 g/mol. The van der Waals surface area contributed by atoms with E-state index in [4.69, 9.17) is 4.42 Å². The first-order valence-corrected chi connectivity index (χ1v) is 6.09. The number of rotatable bonds is 3. The molecule has 1 fully saturated rings. The van der Waals surface area contributed by atoms with E-state index in [9.17, 15) is 14.7 Å². The minimum atomic E-state index is -1.23. The second kappa shape index (κ2) is 4.29. The molecule has 2 heterocycles. The van der Waals surface area contributed by atoms with Gasteiger partial charge in [0.15, 0.2) is 0 Å². The third kappa shape index (κ3) is 2.07. The molecule has 0 bridgehead atoms. The van der Waals surface area contributed by atoms with Gasteiger partial charge in [-0.15, -0.1) is 0 Å². The highest BCUT2D eigenvalue weighted by atomic mass is 16.4. The quantitative estimate of drug-likeness (QED) is 0.906. The summed E-state index contributed by atoms with van der Waals surface area (Å²) in [6, 6.07) is 3.10. The van der Waals surface area contributed by atoms with Crippen molar-refractivity contribution in [1.82, 2.24) is 9.80 Å². The van der Waals surface area contributed by atoms with E-state index < -0.39 is 11.5 Å². The van der Waals surface area contributed by atoms with Crippen molar-refractivity contribution in [2.24, 2.45) is 0 Å². The van der Waals surface area contributed by atoms with Crippen molar-refractivity contribution in [3.05, 3.63) is 23.7 Å². The molecule has 104 valence electrons. The smallest absolute Gasteiger partial charge is 0.329 e. The molecule has 19 heavy (non-hydrogen) atoms. The van der Waals surface area contributed by atoms with Gasteiger partial charge >= 0.3 is 12.0 Å². The highest BCUT2D eigenvalue weighted by Crippen LogP contribution is 2.33. The van der Waals surface area contributed by atoms with Gasteiger partial charge in [-0.1, -0.05) is 0 Å². The lowest BCUT2D eigenvalue weighted by Crippen LogP contribution is -2.51. The summed E-state index contributed by atoms with van der Waals surface area (Å²) in [6.07, 6.45) is 0. The number of carboxylic acids is 1. The summed E-state index contributed by atoms with van der Waals surface area (Å²) in [5.41, 5.74) is -1.23. The molecule has 1 N–H and O–H groups in total. The molecule has 0 aliphatic carbocycles. The van der Waals surface area contributed by atoms with Crippen LogP contribution >= 0.6 is 0 Å². The molecule has 2 amide bonds. The summed E-state index contributed by atoms with van der Waals surface area (Å²) in [5.74, 6) is 0.425. The van der Waals surface area contributed by atoms with Crippen LogP contribution in [0.1, 0.15) is 31.4 Å². The number of furan rings is 1. The first-order valence-electron chi connectivity index (χ1n) is 6.09. The fourth-order valence-corrected chi connectivity index (χ4v) is 2.19. The molecule has 0 saturated carbocycles. The maximum absolute atomic E-state index is 12.2. The molecular weight excluding hydrogens is 248 g/mol. The lowest BCUT2D eigenvalue weighted by atomic mass is 10.0. The summed E-state index contributed by atoms with van der Waals surface area (Å²) in [7, 11) is 1.66. The Labute approximate surface area is 111 Å². The Hall–Kier alpha value is -1.98. The Kier molecular flexibility index (Phi) is 3.04. The van der Waals surface area contributed by atoms with Crippen LogP contribution in [0.4, 0.5) is 4.79 Å². The van der Waals surface area contributed by atoms with Crippen molar-refractivity contribution in [3.8, 4) is 0 Å². The van der Waals surface area contributed by atoms with Crippen molar-refractivity contribution in [2.75, 3.05) is 13.6 Å². The van der Waals surface area contributed by atoms with E-state index in [1.807, 2.05) is 19.1 Å². The van der Waals surface area contributed by atoms with Gasteiger partial charge in [-0.2, -0.15) is 0 Å². The first kappa shape index (κ1) is 13.5. The first-order chi connectivity index (χ1) is 8.75. The van der Waals surface area contributed by atoms with Crippen molar-refractivity contribution in [2.45, 2.75) is 32.4 Å². The van der Waals surface area contributed by atoms with Crippen LogP contribution in [0.25, 0.3) is 0 Å². The molecule has 1 saturated heterocycles. The topological polar surface area (TPSA) is 74.0 Å². The molecule has 0 aromatic carbocycles. The number of carbonyl (C=O) groups excluding carboxylic acids is 1. The Morgan fingerprint density at radius 1 is 1.47 bits per heavy atom. The summed E-state index contributed by atoms with van der Waals surface area (Å²) in [5, 5.41) is 9.23. The number of hydrogen-bond acceptors (Lipinski definition) is 3. The van der Waals surface area contributed by atoms with E-state index in [1.54, 1.807) is 7.05 Å². The van der Waals surface area contributed by atoms with E-state index in [0.717, 1.165) is 5.76 Å². The number of amides is 2. The summed E-state index contributed by atoms with van der Waals surface area (Å²) < 4.78 is 5.54. The molecule has 0 radical (unpaired) electrons. The fraction of sp³-hybridized carbons (Fsp3) is 0.538. The van der Waals surface area contributed by atoms with Crippen LogP contribution in [-0.4, -0.2) is 46.0 Å². The molecule has 1 atom stereocenters. The number of hydrogen-bond donors (Lipinski definition) is 1. The zero-order valence-corrected chi connectivity index (χ0v) is 11.5. The molecule has 0 spiro atoms. The van der Waals surface area contributed by atoms with Gasteiger partial charge in [0.25, 0.3) is 0 Å². The number of aliphatic carboxylic acids is 1. The Morgan fingerprint density at radius 3 is 2.58 bits per heavy atom. The standard InChI is InChI=1S/C13H18N2O4/c1-8-5-6-10(19-8)9-7-15(12(18)14(9)4)13(2,3)11(16)17/h5-6,9H,7H2,1-4H3,(H,16,17). The number of carbonyl (C=O) groups is 2. The predicted octanol–water partition coefficient (Wildman–Crippen LogP) is 1.86. The molecule has 6 heteroatoms. The fourth-order valence-electron chi connectivity index (χ4n) is 2.19. The van der Waals surface area contributed by atoms with Gasteiger partial charge in [-0.3, -0.25) is 0 Å². The van der Waals surface area contributed by atoms with Gasteiger partial charge in [0.1, 0.15) is 23.1 Å². The maximum Gasteiger partial charge on any atom is 0.329 e. The highest BCUT2D eigenvalue weighted by molar-refractivity contribution is 5.87. The Bertz CT molecular complexity index is 520. The molecule has 1 unspecified atom stereocenters. The lowest BCUT2D eigenvalue weighted by Gasteiger charge is -2.30. The van der Waals surface area contributed by atoms with Crippen molar-refractivity contribution < 1.29 is 19.1 Å². The van der Waals surface area contributed by atoms with Gasteiger partial charge in [0.05, 0.1) is 6.54 Å². The normalized spacial score (nSPS) is 20.2. The number of aryl methyl sites for hydroxylation is 1. The van der Waals surface area contributed by atoms with Gasteiger partial charge in [-0.25, -0.2) is 9.59 Å². The number of carboxylic acid groups (broad SMARTS) is 1. The summed E-state index contributed by atoms with van der Waals surface area (Å²) in [6.45, 7) is 5.19. The van der Waals surface area contributed by atoms with E-state index in [2.05, 4.69) is 0 Å². The lowest BCUT2D eigenvalue weighted by molar-refractivity contribution is -0.147. The van der Waals surface area contributed by atoms with Gasteiger partial charge in [0.2, 0.25) is 0 Å². The maximum atomic E-state index is 12.2. The zero-order valence-electron chi connectivity index (χ0n) is 11.5. The van der Waals surface area contributed by atoms with Crippen LogP contribution in [0.15, 0.2) is 16.5 Å². The summed E-state index contributed by atoms with van der Waals surface area (Å²) >= 11 is 0. The molecule has 2 rings (SSSR count). The molecule has 1 aromatic rings. The third-order valence-electron chi connectivity index (χ3n) is 3.64. The van der Waals surface area contributed by atoms with Crippen molar-refractivity contribution >= 4 is 12.0 Å². The van der Waals surface area contributed by atoms with Crippen LogP contribution in [0.3, 0.4) is 0 Å². The van der Waals surface area contributed by atoms with Crippen LogP contribution in [0.5, 0.6) is 0 Å². The number of likely N-dealkylation sites (N-methyl/N-ethyl adjacent to an activating group) is 1. The molecule has 1 aliphatic heterocycles. The minimum Gasteiger partial charge on any atom is -0.480 e. The third-order valence-corrected chi connectivity index (χ3v) is 3.64. The van der Waals surface area contributed by atoms with Gasteiger partial charge in [0, 0.05) is 7.05 Å². The second-order valence-electron chi connectivity index (χ2n) is 5.33. The SMILES string of the molecule is Cc1ccc(C2CN(C(C)(C)C(=O)O)C(=O)N2C)o1. The van der Waals surface area contributed by atoms with E-state index in [0.29, 0.717) is 12.3 Å². The molecular formula is C13H18N2O4. The largest absolute Gasteiger partial charge is 0.480 e.